The molecule has 120 valence electrons. The lowest BCUT2D eigenvalue weighted by Crippen LogP contribution is -2.62. The second-order valence-corrected chi connectivity index (χ2v) is 7.63. The van der Waals surface area contributed by atoms with E-state index < -0.39 is 0 Å². The van der Waals surface area contributed by atoms with Crippen LogP contribution >= 0.6 is 11.3 Å². The van der Waals surface area contributed by atoms with Crippen LogP contribution in [0, 0.1) is 11.8 Å². The van der Waals surface area contributed by atoms with Gasteiger partial charge >= 0.3 is 0 Å². The summed E-state index contributed by atoms with van der Waals surface area (Å²) in [7, 11) is 1.72. The lowest BCUT2D eigenvalue weighted by Gasteiger charge is -2.47. The molecular formula is C17H23NO3S. The number of hydrogen-bond donors (Lipinski definition) is 1. The highest BCUT2D eigenvalue weighted by atomic mass is 32.1. The monoisotopic (exact) mass is 321 g/mol. The molecule has 1 N–H and O–H groups in total. The number of carbonyl (C=O) groups excluding carboxylic acids is 1. The van der Waals surface area contributed by atoms with Crippen LogP contribution in [-0.2, 0) is 22.3 Å². The molecule has 1 aromatic rings. The molecule has 2 aliphatic carbocycles. The topological polar surface area (TPSA) is 47.6 Å². The van der Waals surface area contributed by atoms with E-state index in [-0.39, 0.29) is 18.1 Å². The molecule has 0 spiro atoms. The summed E-state index contributed by atoms with van der Waals surface area (Å²) >= 11 is 1.75. The van der Waals surface area contributed by atoms with Gasteiger partial charge in [-0.2, -0.15) is 0 Å². The second-order valence-electron chi connectivity index (χ2n) is 6.66. The summed E-state index contributed by atoms with van der Waals surface area (Å²) in [5.74, 6) is 0.880. The van der Waals surface area contributed by atoms with Gasteiger partial charge in [0.05, 0.1) is 18.3 Å². The quantitative estimate of drug-likeness (QED) is 0.926. The van der Waals surface area contributed by atoms with Crippen LogP contribution in [0.5, 0.6) is 0 Å². The Morgan fingerprint density at radius 2 is 2.32 bits per heavy atom. The Bertz CT molecular complexity index is 570. The first-order valence-corrected chi connectivity index (χ1v) is 9.18. The van der Waals surface area contributed by atoms with E-state index >= 15 is 0 Å². The zero-order chi connectivity index (χ0) is 15.1. The summed E-state index contributed by atoms with van der Waals surface area (Å²) in [6.07, 6.45) is 6.00. The van der Waals surface area contributed by atoms with E-state index in [9.17, 15) is 4.79 Å². The summed E-state index contributed by atoms with van der Waals surface area (Å²) in [6.45, 7) is 1.48. The smallest absolute Gasteiger partial charge is 0.252 e. The number of thiophene rings is 1. The zero-order valence-corrected chi connectivity index (χ0v) is 13.8. The Labute approximate surface area is 135 Å². The van der Waals surface area contributed by atoms with E-state index in [2.05, 4.69) is 10.7 Å². The number of fused-ring (bicyclic) bond motifs is 2. The minimum Gasteiger partial charge on any atom is -0.384 e. The Morgan fingerprint density at radius 1 is 1.45 bits per heavy atom. The molecule has 2 heterocycles. The summed E-state index contributed by atoms with van der Waals surface area (Å²) in [6, 6.07) is 0.207. The Morgan fingerprint density at radius 3 is 3.18 bits per heavy atom. The fourth-order valence-corrected chi connectivity index (χ4v) is 5.47. The molecule has 5 heteroatoms. The predicted octanol–water partition coefficient (Wildman–Crippen LogP) is 2.41. The highest BCUT2D eigenvalue weighted by molar-refractivity contribution is 7.10. The van der Waals surface area contributed by atoms with Crippen LogP contribution in [0.15, 0.2) is 5.38 Å². The Kier molecular flexibility index (Phi) is 3.96. The maximum Gasteiger partial charge on any atom is 0.252 e. The third kappa shape index (κ3) is 2.30. The normalized spacial score (nSPS) is 33.0. The second kappa shape index (κ2) is 5.95. The van der Waals surface area contributed by atoms with Gasteiger partial charge in [0.2, 0.25) is 0 Å². The van der Waals surface area contributed by atoms with E-state index in [1.54, 1.807) is 18.4 Å². The van der Waals surface area contributed by atoms with Crippen molar-refractivity contribution in [1.29, 1.82) is 0 Å². The molecule has 2 fully saturated rings. The van der Waals surface area contributed by atoms with Gasteiger partial charge < -0.3 is 14.8 Å². The van der Waals surface area contributed by atoms with Gasteiger partial charge in [0.25, 0.3) is 5.91 Å². The molecule has 4 nitrogen and oxygen atoms in total. The van der Waals surface area contributed by atoms with Crippen molar-refractivity contribution >= 4 is 17.2 Å². The van der Waals surface area contributed by atoms with Crippen LogP contribution in [0.4, 0.5) is 0 Å². The van der Waals surface area contributed by atoms with Gasteiger partial charge in [0.1, 0.15) is 0 Å². The molecule has 0 bridgehead atoms. The fourth-order valence-electron chi connectivity index (χ4n) is 4.35. The van der Waals surface area contributed by atoms with Crippen molar-refractivity contribution in [2.75, 3.05) is 20.3 Å². The van der Waals surface area contributed by atoms with E-state index in [4.69, 9.17) is 9.47 Å². The van der Waals surface area contributed by atoms with Crippen LogP contribution in [-0.4, -0.2) is 38.4 Å². The molecule has 4 atom stereocenters. The minimum absolute atomic E-state index is 0.107. The average Bonchev–Trinajstić information content (AvgIpc) is 3.15. The van der Waals surface area contributed by atoms with Crippen molar-refractivity contribution in [3.63, 3.8) is 0 Å². The first kappa shape index (κ1) is 14.7. The summed E-state index contributed by atoms with van der Waals surface area (Å²) in [4.78, 5) is 14.2. The lowest BCUT2D eigenvalue weighted by molar-refractivity contribution is -0.0809. The number of hydrogen-bond acceptors (Lipinski definition) is 4. The molecule has 1 aromatic heterocycles. The molecule has 1 amide bonds. The zero-order valence-electron chi connectivity index (χ0n) is 13.0. The minimum atomic E-state index is 0.107. The van der Waals surface area contributed by atoms with Crippen LogP contribution < -0.4 is 5.32 Å². The summed E-state index contributed by atoms with van der Waals surface area (Å²) in [5.41, 5.74) is 2.22. The number of nitrogens with one attached hydrogen (secondary N) is 1. The van der Waals surface area contributed by atoms with Gasteiger partial charge in [0.15, 0.2) is 0 Å². The van der Waals surface area contributed by atoms with E-state index in [0.29, 0.717) is 18.4 Å². The van der Waals surface area contributed by atoms with Crippen molar-refractivity contribution in [3.05, 3.63) is 21.4 Å². The first-order chi connectivity index (χ1) is 10.8. The first-order valence-electron chi connectivity index (χ1n) is 8.30. The van der Waals surface area contributed by atoms with Crippen molar-refractivity contribution in [1.82, 2.24) is 5.32 Å². The number of ether oxygens (including phenoxy) is 2. The molecule has 0 unspecified atom stereocenters. The number of rotatable bonds is 4. The molecule has 1 saturated carbocycles. The van der Waals surface area contributed by atoms with Gasteiger partial charge in [-0.15, -0.1) is 11.3 Å². The maximum absolute atomic E-state index is 12.7. The number of amides is 1. The average molecular weight is 321 g/mol. The highest BCUT2D eigenvalue weighted by Crippen LogP contribution is 2.44. The van der Waals surface area contributed by atoms with Gasteiger partial charge in [-0.25, -0.2) is 0 Å². The van der Waals surface area contributed by atoms with E-state index in [1.165, 1.54) is 23.3 Å². The molecular weight excluding hydrogens is 298 g/mol. The predicted molar refractivity (Wildman–Crippen MR) is 85.4 cm³/mol. The lowest BCUT2D eigenvalue weighted by atomic mass is 9.67. The number of carbonyl (C=O) groups is 1. The van der Waals surface area contributed by atoms with Crippen LogP contribution in [0.25, 0.3) is 0 Å². The summed E-state index contributed by atoms with van der Waals surface area (Å²) in [5, 5.41) is 5.34. The van der Waals surface area contributed by atoms with E-state index in [0.717, 1.165) is 31.4 Å². The van der Waals surface area contributed by atoms with Gasteiger partial charge in [-0.1, -0.05) is 0 Å². The third-order valence-electron chi connectivity index (χ3n) is 5.49. The van der Waals surface area contributed by atoms with Crippen LogP contribution in [0.2, 0.25) is 0 Å². The van der Waals surface area contributed by atoms with Gasteiger partial charge in [0, 0.05) is 41.9 Å². The largest absolute Gasteiger partial charge is 0.384 e. The van der Waals surface area contributed by atoms with Crippen LogP contribution in [0.3, 0.4) is 0 Å². The standard InChI is InChI=1S/C17H23NO3S/c1-20-8-12-15(11-6-7-21-16(11)12)18-17(19)13-9-22-14-5-3-2-4-10(13)14/h9,11-12,15-16H,2-8H2,1H3,(H,18,19)/t11-,12+,15-,16-/m0/s1. The molecule has 3 aliphatic rings. The Balaban J connectivity index is 1.48. The van der Waals surface area contributed by atoms with Gasteiger partial charge in [-0.3, -0.25) is 4.79 Å². The SMILES string of the molecule is COC[C@@H]1[C@@H](NC(=O)c2csc3c2CCCC3)[C@@H]2CCO[C@H]12. The Hall–Kier alpha value is -0.910. The molecule has 4 rings (SSSR count). The number of aryl methyl sites for hydroxylation is 1. The van der Waals surface area contributed by atoms with Crippen LogP contribution in [0.1, 0.15) is 40.1 Å². The maximum atomic E-state index is 12.7. The van der Waals surface area contributed by atoms with Crippen molar-refractivity contribution in [2.45, 2.75) is 44.2 Å². The van der Waals surface area contributed by atoms with Crippen molar-refractivity contribution in [2.24, 2.45) is 11.8 Å². The summed E-state index contributed by atoms with van der Waals surface area (Å²) < 4.78 is 11.1. The molecule has 1 aliphatic heterocycles. The third-order valence-corrected chi connectivity index (χ3v) is 6.58. The molecule has 1 saturated heterocycles. The molecule has 0 aromatic carbocycles. The molecule has 22 heavy (non-hydrogen) atoms. The van der Waals surface area contributed by atoms with Crippen molar-refractivity contribution < 1.29 is 14.3 Å². The fraction of sp³-hybridized carbons (Fsp3) is 0.706. The number of methoxy groups -OCH3 is 1. The van der Waals surface area contributed by atoms with Gasteiger partial charge in [-0.05, 0) is 37.7 Å². The van der Waals surface area contributed by atoms with Crippen molar-refractivity contribution in [3.8, 4) is 0 Å². The highest BCUT2D eigenvalue weighted by Gasteiger charge is 2.54. The molecule has 0 radical (unpaired) electrons. The van der Waals surface area contributed by atoms with E-state index in [1.807, 2.05) is 0 Å².